The van der Waals surface area contributed by atoms with Gasteiger partial charge in [0.15, 0.2) is 0 Å². The lowest BCUT2D eigenvalue weighted by atomic mass is 10.1. The number of rotatable bonds is 3. The molecular formula is C16H14BrNO2. The minimum atomic E-state index is -0.275. The van der Waals surface area contributed by atoms with E-state index < -0.39 is 0 Å². The zero-order chi connectivity index (χ0) is 14.1. The van der Waals surface area contributed by atoms with Gasteiger partial charge in [0.25, 0.3) is 0 Å². The molecule has 1 aromatic carbocycles. The van der Waals surface area contributed by atoms with Crippen LogP contribution < -0.4 is 5.63 Å². The number of aryl methyl sites for hydroxylation is 3. The summed E-state index contributed by atoms with van der Waals surface area (Å²) in [4.78, 5) is 14.6. The van der Waals surface area contributed by atoms with Gasteiger partial charge in [0.05, 0.1) is 0 Å². The summed E-state index contributed by atoms with van der Waals surface area (Å²) in [5.74, 6) is 0.737. The fourth-order valence-corrected chi connectivity index (χ4v) is 2.78. The Labute approximate surface area is 124 Å². The fraction of sp³-hybridized carbons (Fsp3) is 0.188. The molecule has 0 amide bonds. The number of halogens is 1. The SMILES string of the molecule is Cc1cc(CCc2c[nH]c3cc(Br)ccc23)oc(=O)c1. The number of aromatic amines is 1. The maximum Gasteiger partial charge on any atom is 0.336 e. The van der Waals surface area contributed by atoms with Crippen molar-refractivity contribution in [3.05, 3.63) is 68.3 Å². The van der Waals surface area contributed by atoms with Crippen LogP contribution in [0.4, 0.5) is 0 Å². The first kappa shape index (κ1) is 13.2. The van der Waals surface area contributed by atoms with Gasteiger partial charge >= 0.3 is 5.63 Å². The van der Waals surface area contributed by atoms with E-state index in [0.29, 0.717) is 0 Å². The van der Waals surface area contributed by atoms with Crippen LogP contribution >= 0.6 is 15.9 Å². The number of H-pyrrole nitrogens is 1. The van der Waals surface area contributed by atoms with E-state index >= 15 is 0 Å². The molecule has 0 aliphatic rings. The second-order valence-corrected chi connectivity index (χ2v) is 5.84. The summed E-state index contributed by atoms with van der Waals surface area (Å²) >= 11 is 3.46. The molecule has 0 aliphatic heterocycles. The van der Waals surface area contributed by atoms with Crippen molar-refractivity contribution in [3.8, 4) is 0 Å². The minimum Gasteiger partial charge on any atom is -0.428 e. The Bertz CT molecular complexity index is 817. The van der Waals surface area contributed by atoms with Crippen molar-refractivity contribution < 1.29 is 4.42 Å². The standard InChI is InChI=1S/C16H14BrNO2/c1-10-6-13(20-16(19)7-10)4-2-11-9-18-15-8-12(17)3-5-14(11)15/h3,5-9,18H,2,4H2,1H3. The van der Waals surface area contributed by atoms with E-state index in [0.717, 1.165) is 34.2 Å². The summed E-state index contributed by atoms with van der Waals surface area (Å²) in [6, 6.07) is 9.62. The fourth-order valence-electron chi connectivity index (χ4n) is 2.42. The van der Waals surface area contributed by atoms with Crippen molar-refractivity contribution in [1.29, 1.82) is 0 Å². The molecule has 4 heteroatoms. The van der Waals surface area contributed by atoms with Crippen LogP contribution in [0, 0.1) is 6.92 Å². The van der Waals surface area contributed by atoms with Gasteiger partial charge in [-0.25, -0.2) is 4.79 Å². The van der Waals surface area contributed by atoms with Gasteiger partial charge in [0, 0.05) is 34.1 Å². The molecule has 0 atom stereocenters. The van der Waals surface area contributed by atoms with Crippen LogP contribution in [0.15, 0.2) is 50.2 Å². The zero-order valence-corrected chi connectivity index (χ0v) is 12.7. The highest BCUT2D eigenvalue weighted by Crippen LogP contribution is 2.23. The van der Waals surface area contributed by atoms with Crippen LogP contribution in [0.3, 0.4) is 0 Å². The maximum absolute atomic E-state index is 11.3. The van der Waals surface area contributed by atoms with E-state index in [9.17, 15) is 4.79 Å². The second-order valence-electron chi connectivity index (χ2n) is 4.92. The summed E-state index contributed by atoms with van der Waals surface area (Å²) in [5.41, 5.74) is 3.01. The van der Waals surface area contributed by atoms with E-state index in [2.05, 4.69) is 33.0 Å². The van der Waals surface area contributed by atoms with Crippen LogP contribution in [0.1, 0.15) is 16.9 Å². The Kier molecular flexibility index (Phi) is 3.49. The van der Waals surface area contributed by atoms with Crippen LogP contribution in [0.5, 0.6) is 0 Å². The molecule has 3 aromatic rings. The number of nitrogens with one attached hydrogen (secondary N) is 1. The van der Waals surface area contributed by atoms with Crippen LogP contribution in [0.25, 0.3) is 10.9 Å². The van der Waals surface area contributed by atoms with Crippen LogP contribution in [-0.2, 0) is 12.8 Å². The zero-order valence-electron chi connectivity index (χ0n) is 11.1. The summed E-state index contributed by atoms with van der Waals surface area (Å²) in [7, 11) is 0. The average molecular weight is 332 g/mol. The Hall–Kier alpha value is -1.81. The Morgan fingerprint density at radius 2 is 2.05 bits per heavy atom. The van der Waals surface area contributed by atoms with E-state index in [4.69, 9.17) is 4.42 Å². The molecule has 3 nitrogen and oxygen atoms in total. The van der Waals surface area contributed by atoms with Crippen LogP contribution in [-0.4, -0.2) is 4.98 Å². The maximum atomic E-state index is 11.3. The van der Waals surface area contributed by atoms with E-state index in [1.165, 1.54) is 17.0 Å². The molecule has 0 spiro atoms. The largest absolute Gasteiger partial charge is 0.428 e. The van der Waals surface area contributed by atoms with Gasteiger partial charge in [-0.1, -0.05) is 22.0 Å². The predicted molar refractivity (Wildman–Crippen MR) is 83.1 cm³/mol. The third-order valence-electron chi connectivity index (χ3n) is 3.34. The van der Waals surface area contributed by atoms with Gasteiger partial charge in [-0.2, -0.15) is 0 Å². The monoisotopic (exact) mass is 331 g/mol. The van der Waals surface area contributed by atoms with Gasteiger partial charge in [-0.15, -0.1) is 0 Å². The third-order valence-corrected chi connectivity index (χ3v) is 3.83. The lowest BCUT2D eigenvalue weighted by Crippen LogP contribution is -2.01. The Morgan fingerprint density at radius 3 is 2.85 bits per heavy atom. The smallest absolute Gasteiger partial charge is 0.336 e. The summed E-state index contributed by atoms with van der Waals surface area (Å²) in [6.07, 6.45) is 3.58. The van der Waals surface area contributed by atoms with Gasteiger partial charge in [0.2, 0.25) is 0 Å². The molecule has 1 N–H and O–H groups in total. The van der Waals surface area contributed by atoms with E-state index in [-0.39, 0.29) is 5.63 Å². The van der Waals surface area contributed by atoms with Crippen molar-refractivity contribution in [2.24, 2.45) is 0 Å². The third kappa shape index (κ3) is 2.70. The Balaban J connectivity index is 1.85. The Morgan fingerprint density at radius 1 is 1.20 bits per heavy atom. The molecule has 0 saturated carbocycles. The molecule has 3 rings (SSSR count). The molecule has 0 saturated heterocycles. The normalized spacial score (nSPS) is 11.1. The van der Waals surface area contributed by atoms with E-state index in [1.54, 1.807) is 0 Å². The molecule has 0 bridgehead atoms. The molecule has 2 heterocycles. The average Bonchev–Trinajstić information content (AvgIpc) is 2.77. The molecule has 0 aliphatic carbocycles. The topological polar surface area (TPSA) is 46.0 Å². The number of fused-ring (bicyclic) bond motifs is 1. The molecule has 20 heavy (non-hydrogen) atoms. The highest BCUT2D eigenvalue weighted by Gasteiger charge is 2.06. The van der Waals surface area contributed by atoms with Crippen molar-refractivity contribution in [1.82, 2.24) is 4.98 Å². The van der Waals surface area contributed by atoms with Crippen molar-refractivity contribution in [3.63, 3.8) is 0 Å². The van der Waals surface area contributed by atoms with Gasteiger partial charge in [-0.3, -0.25) is 0 Å². The van der Waals surface area contributed by atoms with Gasteiger partial charge in [-0.05, 0) is 42.7 Å². The first-order valence-electron chi connectivity index (χ1n) is 6.48. The molecular weight excluding hydrogens is 318 g/mol. The molecule has 0 fully saturated rings. The first-order valence-corrected chi connectivity index (χ1v) is 7.27. The number of hydrogen-bond donors (Lipinski definition) is 1. The van der Waals surface area contributed by atoms with E-state index in [1.807, 2.05) is 25.3 Å². The lowest BCUT2D eigenvalue weighted by Gasteiger charge is -2.01. The van der Waals surface area contributed by atoms with Crippen molar-refractivity contribution in [2.75, 3.05) is 0 Å². The number of hydrogen-bond acceptors (Lipinski definition) is 2. The summed E-state index contributed by atoms with van der Waals surface area (Å²) < 4.78 is 6.27. The molecule has 0 unspecified atom stereocenters. The highest BCUT2D eigenvalue weighted by atomic mass is 79.9. The number of aromatic nitrogens is 1. The van der Waals surface area contributed by atoms with Crippen molar-refractivity contribution in [2.45, 2.75) is 19.8 Å². The van der Waals surface area contributed by atoms with Gasteiger partial charge in [0.1, 0.15) is 5.76 Å². The predicted octanol–water partition coefficient (Wildman–Crippen LogP) is 3.98. The van der Waals surface area contributed by atoms with Crippen molar-refractivity contribution >= 4 is 26.8 Å². The molecule has 102 valence electrons. The second kappa shape index (κ2) is 5.29. The van der Waals surface area contributed by atoms with Crippen LogP contribution in [0.2, 0.25) is 0 Å². The summed E-state index contributed by atoms with van der Waals surface area (Å²) in [5, 5.41) is 1.21. The molecule has 2 aromatic heterocycles. The summed E-state index contributed by atoms with van der Waals surface area (Å²) in [6.45, 7) is 1.91. The quantitative estimate of drug-likeness (QED) is 0.789. The van der Waals surface area contributed by atoms with Gasteiger partial charge < -0.3 is 9.40 Å². The highest BCUT2D eigenvalue weighted by molar-refractivity contribution is 9.10. The minimum absolute atomic E-state index is 0.275. The number of benzene rings is 1. The molecule has 0 radical (unpaired) electrons. The lowest BCUT2D eigenvalue weighted by molar-refractivity contribution is 0.457. The first-order chi connectivity index (χ1) is 9.61.